The lowest BCUT2D eigenvalue weighted by Crippen LogP contribution is -2.35. The lowest BCUT2D eigenvalue weighted by Gasteiger charge is -2.16. The van der Waals surface area contributed by atoms with Gasteiger partial charge in [0.2, 0.25) is 0 Å². The summed E-state index contributed by atoms with van der Waals surface area (Å²) in [7, 11) is 0. The highest BCUT2D eigenvalue weighted by Gasteiger charge is 2.18. The molecule has 0 saturated carbocycles. The fraction of sp³-hybridized carbons (Fsp3) is 0.333. The molecule has 3 heterocycles. The van der Waals surface area contributed by atoms with Crippen LogP contribution in [0.25, 0.3) is 0 Å². The van der Waals surface area contributed by atoms with Crippen LogP contribution < -0.4 is 21.5 Å². The molecule has 1 aromatic carbocycles. The summed E-state index contributed by atoms with van der Waals surface area (Å²) in [6, 6.07) is 12.2. The number of carbonyl (C=O) groups excluding carboxylic acids is 1. The Balaban J connectivity index is 1.16. The molecule has 10 heteroatoms. The van der Waals surface area contributed by atoms with Crippen LogP contribution in [0.15, 0.2) is 48.8 Å². The Labute approximate surface area is 227 Å². The largest absolute Gasteiger partial charge is 0.351 e. The Kier molecular flexibility index (Phi) is 8.13. The van der Waals surface area contributed by atoms with Gasteiger partial charge >= 0.3 is 0 Å². The molecule has 0 atom stereocenters. The number of likely N-dealkylation sites (tertiary alicyclic amines) is 1. The van der Waals surface area contributed by atoms with Crippen molar-refractivity contribution < 1.29 is 4.79 Å². The van der Waals surface area contributed by atoms with Crippen LogP contribution in [-0.4, -0.2) is 52.1 Å². The second-order valence-corrected chi connectivity index (χ2v) is 10.1. The van der Waals surface area contributed by atoms with Gasteiger partial charge in [-0.15, -0.1) is 0 Å². The number of benzene rings is 1. The molecular formula is C27H30ClN7OS. The Hall–Kier alpha value is -3.27. The van der Waals surface area contributed by atoms with E-state index in [0.29, 0.717) is 28.1 Å². The van der Waals surface area contributed by atoms with E-state index in [-0.39, 0.29) is 5.91 Å². The highest BCUT2D eigenvalue weighted by atomic mass is 35.5. The number of halogens is 1. The summed E-state index contributed by atoms with van der Waals surface area (Å²) in [5, 5.41) is 6.78. The molecule has 37 heavy (non-hydrogen) atoms. The van der Waals surface area contributed by atoms with E-state index >= 15 is 0 Å². The van der Waals surface area contributed by atoms with Gasteiger partial charge in [0, 0.05) is 37.5 Å². The van der Waals surface area contributed by atoms with Crippen molar-refractivity contribution in [2.75, 3.05) is 36.9 Å². The van der Waals surface area contributed by atoms with Crippen molar-refractivity contribution in [1.82, 2.24) is 25.6 Å². The monoisotopic (exact) mass is 535 g/mol. The molecule has 0 radical (unpaired) electrons. The van der Waals surface area contributed by atoms with E-state index in [1.807, 2.05) is 0 Å². The number of nitrogens with one attached hydrogen (secondary N) is 4. The molecule has 0 unspecified atom stereocenters. The van der Waals surface area contributed by atoms with Crippen molar-refractivity contribution in [2.24, 2.45) is 0 Å². The average Bonchev–Trinajstić information content (AvgIpc) is 3.34. The van der Waals surface area contributed by atoms with Crippen LogP contribution in [0.4, 0.5) is 11.6 Å². The van der Waals surface area contributed by atoms with Crippen LogP contribution in [0.1, 0.15) is 45.5 Å². The smallest absolute Gasteiger partial charge is 0.252 e. The standard InChI is InChI=1S/C27H30ClN7OS/c28-23-16-21(26(36)30-11-14-35-12-3-4-13-35)17-31-25(23)33-34-27(37)32-24-22-15-20-6-2-1-5-18(20)7-8-19(22)9-10-29-24/h1-2,5-6,9-10,16-17H,3-4,7-8,11-15H2,(H,30,36)(H,31,33)(H2,29,32,34,37). The Morgan fingerprint density at radius 1 is 1.03 bits per heavy atom. The summed E-state index contributed by atoms with van der Waals surface area (Å²) in [6.07, 6.45) is 8.52. The molecule has 1 aliphatic carbocycles. The van der Waals surface area contributed by atoms with Crippen molar-refractivity contribution in [2.45, 2.75) is 32.1 Å². The SMILES string of the molecule is O=C(NCCN1CCCC1)c1cnc(NNC(=S)Nc2nccc3c2Cc2ccccc2CC3)c(Cl)c1. The first kappa shape index (κ1) is 25.4. The third-order valence-corrected chi connectivity index (χ3v) is 7.34. The Bertz CT molecular complexity index is 1300. The molecule has 1 amide bonds. The van der Waals surface area contributed by atoms with Gasteiger partial charge in [-0.05, 0) is 79.8 Å². The van der Waals surface area contributed by atoms with E-state index < -0.39 is 0 Å². The molecule has 1 fully saturated rings. The van der Waals surface area contributed by atoms with Gasteiger partial charge in [-0.25, -0.2) is 9.97 Å². The first-order valence-corrected chi connectivity index (χ1v) is 13.4. The number of hydrogen-bond donors (Lipinski definition) is 4. The zero-order valence-corrected chi connectivity index (χ0v) is 22.1. The fourth-order valence-corrected chi connectivity index (χ4v) is 5.21. The molecule has 4 N–H and O–H groups in total. The van der Waals surface area contributed by atoms with Crippen LogP contribution in [0.2, 0.25) is 5.02 Å². The number of pyridine rings is 2. The van der Waals surface area contributed by atoms with Gasteiger partial charge in [0.25, 0.3) is 5.91 Å². The van der Waals surface area contributed by atoms with Gasteiger partial charge in [0.05, 0.1) is 10.6 Å². The van der Waals surface area contributed by atoms with Gasteiger partial charge in [-0.3, -0.25) is 15.6 Å². The molecule has 5 rings (SSSR count). The molecule has 0 spiro atoms. The number of aryl methyl sites for hydroxylation is 2. The summed E-state index contributed by atoms with van der Waals surface area (Å²) >= 11 is 11.9. The molecule has 0 bridgehead atoms. The number of aromatic nitrogens is 2. The fourth-order valence-electron chi connectivity index (χ4n) is 4.85. The topological polar surface area (TPSA) is 94.2 Å². The lowest BCUT2D eigenvalue weighted by molar-refractivity contribution is 0.0949. The van der Waals surface area contributed by atoms with Crippen molar-refractivity contribution in [1.29, 1.82) is 0 Å². The zero-order valence-electron chi connectivity index (χ0n) is 20.5. The highest BCUT2D eigenvalue weighted by Crippen LogP contribution is 2.28. The molecule has 192 valence electrons. The van der Waals surface area contributed by atoms with E-state index in [1.165, 1.54) is 35.7 Å². The number of carbonyl (C=O) groups is 1. The van der Waals surface area contributed by atoms with E-state index in [4.69, 9.17) is 23.8 Å². The maximum absolute atomic E-state index is 12.5. The quantitative estimate of drug-likeness (QED) is 0.267. The second-order valence-electron chi connectivity index (χ2n) is 9.31. The third kappa shape index (κ3) is 6.36. The number of thiocarbonyl (C=S) groups is 1. The lowest BCUT2D eigenvalue weighted by atomic mass is 10.0. The Morgan fingerprint density at radius 3 is 2.62 bits per heavy atom. The van der Waals surface area contributed by atoms with Gasteiger partial charge in [-0.2, -0.15) is 0 Å². The highest BCUT2D eigenvalue weighted by molar-refractivity contribution is 7.80. The Morgan fingerprint density at radius 2 is 1.81 bits per heavy atom. The van der Waals surface area contributed by atoms with Gasteiger partial charge in [0.1, 0.15) is 5.82 Å². The molecule has 3 aromatic rings. The zero-order chi connectivity index (χ0) is 25.6. The minimum absolute atomic E-state index is 0.192. The summed E-state index contributed by atoms with van der Waals surface area (Å²) < 4.78 is 0. The molecule has 8 nitrogen and oxygen atoms in total. The number of nitrogens with zero attached hydrogens (tertiary/aromatic N) is 3. The molecule has 2 aromatic heterocycles. The van der Waals surface area contributed by atoms with Crippen LogP contribution in [0.5, 0.6) is 0 Å². The first-order chi connectivity index (χ1) is 18.1. The normalized spacial score (nSPS) is 14.7. The van der Waals surface area contributed by atoms with Crippen molar-refractivity contribution in [3.05, 3.63) is 81.6 Å². The van der Waals surface area contributed by atoms with Crippen molar-refractivity contribution in [3.8, 4) is 0 Å². The van der Waals surface area contributed by atoms with Crippen LogP contribution in [0.3, 0.4) is 0 Å². The minimum atomic E-state index is -0.192. The maximum Gasteiger partial charge on any atom is 0.252 e. The van der Waals surface area contributed by atoms with E-state index in [9.17, 15) is 4.79 Å². The predicted molar refractivity (Wildman–Crippen MR) is 151 cm³/mol. The number of rotatable bonds is 7. The molecule has 1 aliphatic heterocycles. The number of hydrazine groups is 1. The third-order valence-electron chi connectivity index (χ3n) is 6.84. The average molecular weight is 536 g/mol. The van der Waals surface area contributed by atoms with E-state index in [1.54, 1.807) is 12.3 Å². The van der Waals surface area contributed by atoms with Gasteiger partial charge in [0.15, 0.2) is 10.9 Å². The van der Waals surface area contributed by atoms with Crippen LogP contribution >= 0.6 is 23.8 Å². The molecule has 2 aliphatic rings. The molecular weight excluding hydrogens is 506 g/mol. The first-order valence-electron chi connectivity index (χ1n) is 12.6. The maximum atomic E-state index is 12.5. The van der Waals surface area contributed by atoms with E-state index in [2.05, 4.69) is 66.7 Å². The van der Waals surface area contributed by atoms with Crippen molar-refractivity contribution >= 4 is 46.5 Å². The predicted octanol–water partition coefficient (Wildman–Crippen LogP) is 3.96. The summed E-state index contributed by atoms with van der Waals surface area (Å²) in [5.74, 6) is 0.907. The minimum Gasteiger partial charge on any atom is -0.351 e. The summed E-state index contributed by atoms with van der Waals surface area (Å²) in [6.45, 7) is 3.65. The van der Waals surface area contributed by atoms with Gasteiger partial charge in [-0.1, -0.05) is 35.9 Å². The van der Waals surface area contributed by atoms with Crippen LogP contribution in [0, 0.1) is 0 Å². The number of amides is 1. The second kappa shape index (κ2) is 11.9. The van der Waals surface area contributed by atoms with Gasteiger partial charge < -0.3 is 15.5 Å². The molecule has 1 saturated heterocycles. The number of fused-ring (bicyclic) bond motifs is 2. The van der Waals surface area contributed by atoms with E-state index in [0.717, 1.165) is 50.3 Å². The number of anilines is 2. The summed E-state index contributed by atoms with van der Waals surface area (Å²) in [5.41, 5.74) is 11.4. The summed E-state index contributed by atoms with van der Waals surface area (Å²) in [4.78, 5) is 23.7. The van der Waals surface area contributed by atoms with Crippen molar-refractivity contribution in [3.63, 3.8) is 0 Å². The number of hydrogen-bond acceptors (Lipinski definition) is 6. The van der Waals surface area contributed by atoms with Crippen LogP contribution in [-0.2, 0) is 19.3 Å².